The molecule has 2 heteroatoms. The molecule has 0 aromatic carbocycles. The number of hydrogen-bond acceptors (Lipinski definition) is 2. The van der Waals surface area contributed by atoms with Gasteiger partial charge < -0.3 is 10.1 Å². The molecule has 5 fully saturated rings. The van der Waals surface area contributed by atoms with Crippen molar-refractivity contribution in [2.24, 2.45) is 17.8 Å². The summed E-state index contributed by atoms with van der Waals surface area (Å²) in [4.78, 5) is 0. The molecular weight excluding hydrogens is 222 g/mol. The van der Waals surface area contributed by atoms with Crippen molar-refractivity contribution in [1.82, 2.24) is 5.32 Å². The van der Waals surface area contributed by atoms with Gasteiger partial charge in [-0.3, -0.25) is 0 Å². The van der Waals surface area contributed by atoms with E-state index in [4.69, 9.17) is 4.74 Å². The molecule has 5 aliphatic rings. The number of rotatable bonds is 3. The third kappa shape index (κ3) is 2.02. The lowest BCUT2D eigenvalue weighted by Crippen LogP contribution is -2.59. The molecule has 0 aromatic heterocycles. The fourth-order valence-electron chi connectivity index (χ4n) is 5.69. The Balaban J connectivity index is 1.39. The van der Waals surface area contributed by atoms with E-state index in [1.807, 2.05) is 0 Å². The molecular formula is C16H27NO. The predicted molar refractivity (Wildman–Crippen MR) is 72.5 cm³/mol. The molecule has 1 heterocycles. The first kappa shape index (κ1) is 11.7. The van der Waals surface area contributed by atoms with E-state index in [1.54, 1.807) is 0 Å². The lowest BCUT2D eigenvalue weighted by atomic mass is 9.53. The van der Waals surface area contributed by atoms with Crippen LogP contribution in [0.5, 0.6) is 0 Å². The minimum atomic E-state index is 0.494. The van der Waals surface area contributed by atoms with Crippen molar-refractivity contribution in [3.8, 4) is 0 Å². The molecule has 2 nitrogen and oxygen atoms in total. The van der Waals surface area contributed by atoms with Gasteiger partial charge in [-0.25, -0.2) is 0 Å². The van der Waals surface area contributed by atoms with Crippen LogP contribution < -0.4 is 5.32 Å². The second kappa shape index (κ2) is 4.21. The summed E-state index contributed by atoms with van der Waals surface area (Å²) >= 11 is 0. The minimum Gasteiger partial charge on any atom is -0.374 e. The van der Waals surface area contributed by atoms with Crippen molar-refractivity contribution in [3.63, 3.8) is 0 Å². The van der Waals surface area contributed by atoms with E-state index < -0.39 is 0 Å². The fraction of sp³-hybridized carbons (Fsp3) is 1.00. The Morgan fingerprint density at radius 3 is 2.11 bits per heavy atom. The minimum absolute atomic E-state index is 0.494. The summed E-state index contributed by atoms with van der Waals surface area (Å²) in [5.74, 6) is 3.14. The van der Waals surface area contributed by atoms with Gasteiger partial charge in [0.1, 0.15) is 0 Å². The van der Waals surface area contributed by atoms with Crippen LogP contribution >= 0.6 is 0 Å². The van der Waals surface area contributed by atoms with Gasteiger partial charge in [-0.1, -0.05) is 0 Å². The lowest BCUT2D eigenvalue weighted by molar-refractivity contribution is -0.0291. The van der Waals surface area contributed by atoms with E-state index in [2.05, 4.69) is 12.2 Å². The van der Waals surface area contributed by atoms with Gasteiger partial charge in [0.05, 0.1) is 12.2 Å². The maximum absolute atomic E-state index is 5.96. The largest absolute Gasteiger partial charge is 0.374 e. The van der Waals surface area contributed by atoms with Crippen LogP contribution in [-0.2, 0) is 4.74 Å². The Labute approximate surface area is 111 Å². The molecule has 1 aliphatic heterocycles. The molecule has 18 heavy (non-hydrogen) atoms. The summed E-state index contributed by atoms with van der Waals surface area (Å²) in [6, 6.07) is 0. The smallest absolute Gasteiger partial charge is 0.0704 e. The third-order valence-corrected chi connectivity index (χ3v) is 6.06. The topological polar surface area (TPSA) is 21.3 Å². The van der Waals surface area contributed by atoms with Crippen molar-refractivity contribution in [3.05, 3.63) is 0 Å². The van der Waals surface area contributed by atoms with Gasteiger partial charge in [0.15, 0.2) is 0 Å². The van der Waals surface area contributed by atoms with Crippen molar-refractivity contribution >= 4 is 0 Å². The number of hydrogen-bond donors (Lipinski definition) is 1. The van der Waals surface area contributed by atoms with Crippen LogP contribution in [0.3, 0.4) is 0 Å². The standard InChI is InChI=1S/C16H27NO/c1-11-2-3-15(18-11)10-17-16-7-12-4-13(8-16)6-14(5-12)9-16/h11-15,17H,2-10H2,1H3. The Hall–Kier alpha value is -0.0800. The maximum atomic E-state index is 5.96. The number of ether oxygens (including phenoxy) is 1. The molecule has 1 N–H and O–H groups in total. The summed E-state index contributed by atoms with van der Waals surface area (Å²) in [5, 5.41) is 3.96. The molecule has 1 saturated heterocycles. The molecule has 0 amide bonds. The van der Waals surface area contributed by atoms with Crippen LogP contribution in [0.2, 0.25) is 0 Å². The Morgan fingerprint density at radius 2 is 1.61 bits per heavy atom. The maximum Gasteiger partial charge on any atom is 0.0704 e. The highest BCUT2D eigenvalue weighted by Gasteiger charge is 2.50. The molecule has 4 aliphatic carbocycles. The predicted octanol–water partition coefficient (Wildman–Crippen LogP) is 3.11. The Morgan fingerprint density at radius 1 is 1.00 bits per heavy atom. The Bertz CT molecular complexity index is 292. The first-order valence-corrected chi connectivity index (χ1v) is 8.11. The van der Waals surface area contributed by atoms with Crippen molar-refractivity contribution < 1.29 is 4.74 Å². The lowest BCUT2D eigenvalue weighted by Gasteiger charge is -2.57. The second-order valence-corrected chi connectivity index (χ2v) is 7.72. The van der Waals surface area contributed by atoms with E-state index >= 15 is 0 Å². The van der Waals surface area contributed by atoms with E-state index in [9.17, 15) is 0 Å². The van der Waals surface area contributed by atoms with Gasteiger partial charge in [0, 0.05) is 12.1 Å². The van der Waals surface area contributed by atoms with Gasteiger partial charge in [0.25, 0.3) is 0 Å². The van der Waals surface area contributed by atoms with Crippen LogP contribution in [0, 0.1) is 17.8 Å². The average Bonchev–Trinajstić information content (AvgIpc) is 2.71. The summed E-state index contributed by atoms with van der Waals surface area (Å²) in [6.07, 6.45) is 12.5. The van der Waals surface area contributed by atoms with E-state index in [0.717, 1.165) is 24.3 Å². The zero-order valence-corrected chi connectivity index (χ0v) is 11.7. The van der Waals surface area contributed by atoms with Gasteiger partial charge in [-0.2, -0.15) is 0 Å². The molecule has 102 valence electrons. The molecule has 2 atom stereocenters. The fourth-order valence-corrected chi connectivity index (χ4v) is 5.69. The zero-order chi connectivity index (χ0) is 12.2. The van der Waals surface area contributed by atoms with Crippen molar-refractivity contribution in [1.29, 1.82) is 0 Å². The van der Waals surface area contributed by atoms with Crippen LogP contribution in [0.15, 0.2) is 0 Å². The van der Waals surface area contributed by atoms with Gasteiger partial charge in [0.2, 0.25) is 0 Å². The van der Waals surface area contributed by atoms with Crippen molar-refractivity contribution in [2.45, 2.75) is 76.0 Å². The normalized spacial score (nSPS) is 54.2. The van der Waals surface area contributed by atoms with Crippen LogP contribution in [0.4, 0.5) is 0 Å². The summed E-state index contributed by atoms with van der Waals surface area (Å²) in [7, 11) is 0. The zero-order valence-electron chi connectivity index (χ0n) is 11.7. The number of nitrogens with one attached hydrogen (secondary N) is 1. The van der Waals surface area contributed by atoms with Gasteiger partial charge >= 0.3 is 0 Å². The Kier molecular flexibility index (Phi) is 2.74. The summed E-state index contributed by atoms with van der Waals surface area (Å²) in [5.41, 5.74) is 0.518. The van der Waals surface area contributed by atoms with Gasteiger partial charge in [-0.15, -0.1) is 0 Å². The molecule has 0 radical (unpaired) electrons. The monoisotopic (exact) mass is 249 g/mol. The second-order valence-electron chi connectivity index (χ2n) is 7.72. The van der Waals surface area contributed by atoms with Crippen LogP contribution in [-0.4, -0.2) is 24.3 Å². The van der Waals surface area contributed by atoms with Gasteiger partial charge in [-0.05, 0) is 76.0 Å². The van der Waals surface area contributed by atoms with E-state index in [0.29, 0.717) is 17.7 Å². The third-order valence-electron chi connectivity index (χ3n) is 6.06. The highest BCUT2D eigenvalue weighted by Crippen LogP contribution is 2.55. The van der Waals surface area contributed by atoms with E-state index in [1.165, 1.54) is 51.4 Å². The van der Waals surface area contributed by atoms with E-state index in [-0.39, 0.29) is 0 Å². The first-order valence-electron chi connectivity index (χ1n) is 8.11. The van der Waals surface area contributed by atoms with Crippen LogP contribution in [0.25, 0.3) is 0 Å². The quantitative estimate of drug-likeness (QED) is 0.830. The van der Waals surface area contributed by atoms with Crippen LogP contribution in [0.1, 0.15) is 58.3 Å². The molecule has 2 unspecified atom stereocenters. The highest BCUT2D eigenvalue weighted by atomic mass is 16.5. The van der Waals surface area contributed by atoms with Crippen molar-refractivity contribution in [2.75, 3.05) is 6.54 Å². The average molecular weight is 249 g/mol. The summed E-state index contributed by atoms with van der Waals surface area (Å²) < 4.78 is 5.96. The first-order chi connectivity index (χ1) is 8.71. The highest BCUT2D eigenvalue weighted by molar-refractivity contribution is 5.06. The molecule has 4 bridgehead atoms. The molecule has 0 spiro atoms. The molecule has 4 saturated carbocycles. The molecule has 0 aromatic rings. The SMILES string of the molecule is CC1CCC(CNC23CC4CC(CC(C4)C2)C3)O1. The molecule has 5 rings (SSSR count). The summed E-state index contributed by atoms with van der Waals surface area (Å²) in [6.45, 7) is 3.32.